The smallest absolute Gasteiger partial charge is 0.344 e. The fraction of sp³-hybridized carbons (Fsp3) is 0.409. The van der Waals surface area contributed by atoms with Crippen LogP contribution in [0, 0.1) is 6.92 Å². The molecule has 26 heavy (non-hydrogen) atoms. The first kappa shape index (κ1) is 18.3. The van der Waals surface area contributed by atoms with Gasteiger partial charge in [0.1, 0.15) is 17.1 Å². The summed E-state index contributed by atoms with van der Waals surface area (Å²) in [5.74, 6) is 1.38. The molecule has 1 aromatic heterocycles. The lowest BCUT2D eigenvalue weighted by Crippen LogP contribution is -2.04. The van der Waals surface area contributed by atoms with Crippen LogP contribution < -0.4 is 15.1 Å². The SMILES string of the molecule is CCCCOc1cc(OCCCC)c2c(c1)oc(=O)c1ccc(C)cc12. The molecule has 1 heterocycles. The van der Waals surface area contributed by atoms with Gasteiger partial charge < -0.3 is 13.9 Å². The molecule has 0 radical (unpaired) electrons. The molecule has 0 saturated heterocycles. The summed E-state index contributed by atoms with van der Waals surface area (Å²) >= 11 is 0. The maximum absolute atomic E-state index is 12.4. The predicted molar refractivity (Wildman–Crippen MR) is 106 cm³/mol. The molecule has 0 atom stereocenters. The highest BCUT2D eigenvalue weighted by Gasteiger charge is 2.15. The summed E-state index contributed by atoms with van der Waals surface area (Å²) in [6.07, 6.45) is 4.06. The first-order chi connectivity index (χ1) is 12.6. The number of fused-ring (bicyclic) bond motifs is 3. The third-order valence-electron chi connectivity index (χ3n) is 4.43. The summed E-state index contributed by atoms with van der Waals surface area (Å²) in [6.45, 7) is 7.52. The Morgan fingerprint density at radius 3 is 2.38 bits per heavy atom. The topological polar surface area (TPSA) is 48.7 Å². The van der Waals surface area contributed by atoms with Crippen LogP contribution in [0.15, 0.2) is 39.5 Å². The normalized spacial score (nSPS) is 11.2. The zero-order valence-corrected chi connectivity index (χ0v) is 15.8. The lowest BCUT2D eigenvalue weighted by atomic mass is 10.0. The van der Waals surface area contributed by atoms with Crippen LogP contribution in [0.4, 0.5) is 0 Å². The van der Waals surface area contributed by atoms with Gasteiger partial charge >= 0.3 is 5.63 Å². The van der Waals surface area contributed by atoms with Crippen molar-refractivity contribution in [3.63, 3.8) is 0 Å². The molecule has 4 heteroatoms. The molecule has 0 aliphatic rings. The second kappa shape index (κ2) is 8.26. The van der Waals surface area contributed by atoms with Crippen molar-refractivity contribution in [3.05, 3.63) is 46.3 Å². The van der Waals surface area contributed by atoms with E-state index in [1.54, 1.807) is 6.07 Å². The van der Waals surface area contributed by atoms with Gasteiger partial charge in [0.05, 0.1) is 24.0 Å². The highest BCUT2D eigenvalue weighted by Crippen LogP contribution is 2.36. The van der Waals surface area contributed by atoms with Crippen molar-refractivity contribution in [1.82, 2.24) is 0 Å². The number of rotatable bonds is 8. The van der Waals surface area contributed by atoms with Gasteiger partial charge in [-0.3, -0.25) is 0 Å². The largest absolute Gasteiger partial charge is 0.493 e. The molecule has 0 N–H and O–H groups in total. The molecule has 3 rings (SSSR count). The van der Waals surface area contributed by atoms with Crippen LogP contribution in [0.25, 0.3) is 21.7 Å². The minimum atomic E-state index is -0.335. The van der Waals surface area contributed by atoms with E-state index in [1.165, 1.54) is 0 Å². The quantitative estimate of drug-likeness (QED) is 0.299. The standard InChI is InChI=1S/C22H26O4/c1-4-6-10-24-16-13-19(25-11-7-5-2)21-18-12-15(3)8-9-17(18)22(23)26-20(21)14-16/h8-9,12-14H,4-7,10-11H2,1-3H3. The van der Waals surface area contributed by atoms with E-state index in [0.717, 1.165) is 42.0 Å². The van der Waals surface area contributed by atoms with Gasteiger partial charge in [-0.25, -0.2) is 4.79 Å². The molecule has 4 nitrogen and oxygen atoms in total. The summed E-state index contributed by atoms with van der Waals surface area (Å²) in [6, 6.07) is 9.46. The molecule has 0 saturated carbocycles. The van der Waals surface area contributed by atoms with Crippen LogP contribution in [0.3, 0.4) is 0 Å². The zero-order valence-electron chi connectivity index (χ0n) is 15.8. The maximum atomic E-state index is 12.4. The summed E-state index contributed by atoms with van der Waals surface area (Å²) < 4.78 is 17.5. The monoisotopic (exact) mass is 354 g/mol. The Bertz CT molecular complexity index is 956. The van der Waals surface area contributed by atoms with Crippen LogP contribution >= 0.6 is 0 Å². The molecule has 138 valence electrons. The second-order valence-electron chi connectivity index (χ2n) is 6.64. The van der Waals surface area contributed by atoms with E-state index in [4.69, 9.17) is 13.9 Å². The molecule has 2 aromatic carbocycles. The van der Waals surface area contributed by atoms with Crippen molar-refractivity contribution < 1.29 is 13.9 Å². The molecule has 3 aromatic rings. The lowest BCUT2D eigenvalue weighted by Gasteiger charge is -2.14. The van der Waals surface area contributed by atoms with Crippen molar-refractivity contribution in [1.29, 1.82) is 0 Å². The number of ether oxygens (including phenoxy) is 2. The molecule has 0 aliphatic carbocycles. The van der Waals surface area contributed by atoms with Gasteiger partial charge in [0, 0.05) is 17.5 Å². The van der Waals surface area contributed by atoms with Crippen molar-refractivity contribution in [2.45, 2.75) is 46.5 Å². The van der Waals surface area contributed by atoms with Crippen LogP contribution in [0.5, 0.6) is 11.5 Å². The molecule has 0 amide bonds. The predicted octanol–water partition coefficient (Wildman–Crippen LogP) is 5.61. The first-order valence-electron chi connectivity index (χ1n) is 9.40. The number of benzene rings is 2. The van der Waals surface area contributed by atoms with E-state index < -0.39 is 0 Å². The van der Waals surface area contributed by atoms with Gasteiger partial charge in [0.2, 0.25) is 0 Å². The Balaban J connectivity index is 2.18. The van der Waals surface area contributed by atoms with Gasteiger partial charge in [0.25, 0.3) is 0 Å². The summed E-state index contributed by atoms with van der Waals surface area (Å²) in [4.78, 5) is 12.4. The second-order valence-corrected chi connectivity index (χ2v) is 6.64. The summed E-state index contributed by atoms with van der Waals surface area (Å²) in [5, 5.41) is 2.27. The van der Waals surface area contributed by atoms with Gasteiger partial charge in [-0.15, -0.1) is 0 Å². The Hall–Kier alpha value is -2.49. The molecule has 0 spiro atoms. The van der Waals surface area contributed by atoms with Crippen LogP contribution in [0.1, 0.15) is 45.1 Å². The fourth-order valence-electron chi connectivity index (χ4n) is 2.97. The molecular formula is C22H26O4. The highest BCUT2D eigenvalue weighted by molar-refractivity contribution is 6.08. The maximum Gasteiger partial charge on any atom is 0.344 e. The number of aryl methyl sites for hydroxylation is 1. The zero-order chi connectivity index (χ0) is 18.5. The average molecular weight is 354 g/mol. The van der Waals surface area contributed by atoms with Crippen molar-refractivity contribution in [2.75, 3.05) is 13.2 Å². The third kappa shape index (κ3) is 3.85. The van der Waals surface area contributed by atoms with E-state index in [2.05, 4.69) is 13.8 Å². The Kier molecular flexibility index (Phi) is 5.82. The van der Waals surface area contributed by atoms with Gasteiger partial charge in [-0.05, 0) is 25.8 Å². The first-order valence-corrected chi connectivity index (χ1v) is 9.40. The van der Waals surface area contributed by atoms with E-state index >= 15 is 0 Å². The molecule has 0 aliphatic heterocycles. The summed E-state index contributed by atoms with van der Waals surface area (Å²) in [7, 11) is 0. The van der Waals surface area contributed by atoms with E-state index in [1.807, 2.05) is 31.2 Å². The lowest BCUT2D eigenvalue weighted by molar-refractivity contribution is 0.296. The van der Waals surface area contributed by atoms with Crippen molar-refractivity contribution >= 4 is 21.7 Å². The van der Waals surface area contributed by atoms with Gasteiger partial charge in [-0.1, -0.05) is 44.4 Å². The van der Waals surface area contributed by atoms with Crippen molar-refractivity contribution in [2.24, 2.45) is 0 Å². The van der Waals surface area contributed by atoms with Crippen molar-refractivity contribution in [3.8, 4) is 11.5 Å². The Labute approximate surface area is 153 Å². The van der Waals surface area contributed by atoms with Crippen LogP contribution in [0.2, 0.25) is 0 Å². The van der Waals surface area contributed by atoms with E-state index in [9.17, 15) is 4.79 Å². The number of hydrogen-bond acceptors (Lipinski definition) is 4. The van der Waals surface area contributed by atoms with E-state index in [0.29, 0.717) is 35.7 Å². The van der Waals surface area contributed by atoms with Crippen LogP contribution in [-0.2, 0) is 0 Å². The molecule has 0 unspecified atom stereocenters. The van der Waals surface area contributed by atoms with Gasteiger partial charge in [-0.2, -0.15) is 0 Å². The Morgan fingerprint density at radius 1 is 0.923 bits per heavy atom. The summed E-state index contributed by atoms with van der Waals surface area (Å²) in [5.41, 5.74) is 1.26. The van der Waals surface area contributed by atoms with E-state index in [-0.39, 0.29) is 5.63 Å². The molecule has 0 fully saturated rings. The Morgan fingerprint density at radius 2 is 1.65 bits per heavy atom. The number of hydrogen-bond donors (Lipinski definition) is 0. The minimum absolute atomic E-state index is 0.335. The molecule has 0 bridgehead atoms. The minimum Gasteiger partial charge on any atom is -0.493 e. The average Bonchev–Trinajstić information content (AvgIpc) is 2.61. The van der Waals surface area contributed by atoms with Crippen LogP contribution in [-0.4, -0.2) is 13.2 Å². The highest BCUT2D eigenvalue weighted by atomic mass is 16.5. The van der Waals surface area contributed by atoms with Gasteiger partial charge in [0.15, 0.2) is 0 Å². The molecular weight excluding hydrogens is 328 g/mol. The fourth-order valence-corrected chi connectivity index (χ4v) is 2.97. The third-order valence-corrected chi connectivity index (χ3v) is 4.43. The number of unbranched alkanes of at least 4 members (excludes halogenated alkanes) is 2.